The second-order valence-electron chi connectivity index (χ2n) is 7.78. The monoisotopic (exact) mass is 426 g/mol. The first kappa shape index (κ1) is 19.5. The highest BCUT2D eigenvalue weighted by molar-refractivity contribution is 7.91. The third-order valence-corrected chi connectivity index (χ3v) is 7.30. The van der Waals surface area contributed by atoms with Gasteiger partial charge in [0.2, 0.25) is 9.84 Å². The molecule has 8 heteroatoms. The van der Waals surface area contributed by atoms with Crippen LogP contribution in [-0.2, 0) is 15.3 Å². The summed E-state index contributed by atoms with van der Waals surface area (Å²) in [6.07, 6.45) is 0. The molecule has 0 bridgehead atoms. The van der Waals surface area contributed by atoms with E-state index in [0.717, 1.165) is 5.69 Å². The maximum Gasteiger partial charge on any atom is 0.257 e. The summed E-state index contributed by atoms with van der Waals surface area (Å²) in [5.74, 6) is -0.851. The number of anilines is 1. The molecule has 1 N–H and O–H groups in total. The molecular formula is C21H18N2O4S2. The fourth-order valence-corrected chi connectivity index (χ4v) is 5.68. The number of nitrogens with zero attached hydrogens (tertiary/aromatic N) is 1. The Bertz CT molecular complexity index is 1270. The molecule has 1 aliphatic rings. The molecule has 0 saturated heterocycles. The fraction of sp³-hybridized carbons (Fsp3) is 0.190. The predicted octanol–water partition coefficient (Wildman–Crippen LogP) is 4.07. The SMILES string of the molecule is CC(C)(C)c1csc(NC(=O)c2ccc3c(c2)S(=O)(=O)c2ccccc2C3=O)n1. The quantitative estimate of drug-likeness (QED) is 0.521. The van der Waals surface area contributed by atoms with Gasteiger partial charge in [-0.3, -0.25) is 14.9 Å². The third-order valence-electron chi connectivity index (χ3n) is 4.69. The summed E-state index contributed by atoms with van der Waals surface area (Å²) in [7, 11) is -3.89. The van der Waals surface area contributed by atoms with Gasteiger partial charge in [-0.1, -0.05) is 32.9 Å². The Morgan fingerprint density at radius 3 is 2.41 bits per heavy atom. The van der Waals surface area contributed by atoms with E-state index < -0.39 is 15.7 Å². The number of ketones is 1. The van der Waals surface area contributed by atoms with Crippen molar-refractivity contribution in [3.8, 4) is 0 Å². The average molecular weight is 427 g/mol. The van der Waals surface area contributed by atoms with Crippen LogP contribution in [0, 0.1) is 0 Å². The molecule has 0 aliphatic carbocycles. The van der Waals surface area contributed by atoms with E-state index >= 15 is 0 Å². The maximum atomic E-state index is 13.0. The molecule has 1 amide bonds. The topological polar surface area (TPSA) is 93.2 Å². The molecule has 0 saturated carbocycles. The van der Waals surface area contributed by atoms with Crippen LogP contribution in [0.15, 0.2) is 57.6 Å². The second kappa shape index (κ2) is 6.60. The zero-order chi connectivity index (χ0) is 21.0. The largest absolute Gasteiger partial charge is 0.298 e. The number of sulfone groups is 1. The molecule has 0 atom stereocenters. The number of fused-ring (bicyclic) bond motifs is 2. The zero-order valence-electron chi connectivity index (χ0n) is 16.0. The Hall–Kier alpha value is -2.84. The lowest BCUT2D eigenvalue weighted by Gasteiger charge is -2.19. The Morgan fingerprint density at radius 1 is 1.03 bits per heavy atom. The maximum absolute atomic E-state index is 13.0. The average Bonchev–Trinajstić information content (AvgIpc) is 3.15. The van der Waals surface area contributed by atoms with Crippen LogP contribution in [0.25, 0.3) is 0 Å². The van der Waals surface area contributed by atoms with Crippen LogP contribution in [-0.4, -0.2) is 25.1 Å². The molecule has 0 spiro atoms. The zero-order valence-corrected chi connectivity index (χ0v) is 17.6. The van der Waals surface area contributed by atoms with E-state index in [2.05, 4.69) is 10.3 Å². The molecule has 1 aliphatic heterocycles. The lowest BCUT2D eigenvalue weighted by molar-refractivity contribution is 0.101. The molecule has 4 rings (SSSR count). The summed E-state index contributed by atoms with van der Waals surface area (Å²) < 4.78 is 26.0. The highest BCUT2D eigenvalue weighted by atomic mass is 32.2. The summed E-state index contributed by atoms with van der Waals surface area (Å²) in [6, 6.07) is 10.2. The van der Waals surface area contributed by atoms with Crippen molar-refractivity contribution in [2.24, 2.45) is 0 Å². The molecule has 0 fully saturated rings. The number of amides is 1. The first-order chi connectivity index (χ1) is 13.6. The Kier molecular flexibility index (Phi) is 4.43. The van der Waals surface area contributed by atoms with Gasteiger partial charge in [0.15, 0.2) is 10.9 Å². The minimum Gasteiger partial charge on any atom is -0.298 e. The van der Waals surface area contributed by atoms with Crippen molar-refractivity contribution >= 4 is 38.0 Å². The van der Waals surface area contributed by atoms with Gasteiger partial charge in [-0.05, 0) is 30.3 Å². The van der Waals surface area contributed by atoms with Gasteiger partial charge in [0, 0.05) is 27.5 Å². The highest BCUT2D eigenvalue weighted by Crippen LogP contribution is 2.35. The molecule has 148 valence electrons. The van der Waals surface area contributed by atoms with E-state index in [-0.39, 0.29) is 37.7 Å². The Balaban J connectivity index is 1.70. The van der Waals surface area contributed by atoms with E-state index in [1.165, 1.54) is 41.7 Å². The Labute approximate surface area is 172 Å². The summed E-state index contributed by atoms with van der Waals surface area (Å²) in [4.78, 5) is 29.6. The van der Waals surface area contributed by atoms with Gasteiger partial charge in [-0.25, -0.2) is 13.4 Å². The molecule has 1 aromatic heterocycles. The van der Waals surface area contributed by atoms with Crippen molar-refractivity contribution in [3.63, 3.8) is 0 Å². The smallest absolute Gasteiger partial charge is 0.257 e. The summed E-state index contributed by atoms with van der Waals surface area (Å²) in [5.41, 5.74) is 1.08. The van der Waals surface area contributed by atoms with Crippen molar-refractivity contribution in [2.45, 2.75) is 36.0 Å². The summed E-state index contributed by atoms with van der Waals surface area (Å²) in [5, 5.41) is 5.01. The number of rotatable bonds is 2. The molecule has 3 aromatic rings. The molecular weight excluding hydrogens is 408 g/mol. The lowest BCUT2D eigenvalue weighted by atomic mass is 9.93. The van der Waals surface area contributed by atoms with Gasteiger partial charge in [0.25, 0.3) is 5.91 Å². The van der Waals surface area contributed by atoms with Gasteiger partial charge in [-0.2, -0.15) is 0 Å². The molecule has 2 aromatic carbocycles. The van der Waals surface area contributed by atoms with Crippen molar-refractivity contribution in [1.29, 1.82) is 0 Å². The predicted molar refractivity (Wildman–Crippen MR) is 111 cm³/mol. The highest BCUT2D eigenvalue weighted by Gasteiger charge is 2.35. The number of hydrogen-bond acceptors (Lipinski definition) is 6. The minimum absolute atomic E-state index is 0.0372. The molecule has 6 nitrogen and oxygen atoms in total. The number of benzene rings is 2. The van der Waals surface area contributed by atoms with Crippen molar-refractivity contribution in [1.82, 2.24) is 4.98 Å². The standard InChI is InChI=1S/C21H18N2O4S2/c1-21(2,3)17-11-28-20(22-17)23-19(25)12-8-9-14-16(10-12)29(26,27)15-7-5-4-6-13(15)18(14)24/h4-11H,1-3H3,(H,22,23,25). The van der Waals surface area contributed by atoms with E-state index in [4.69, 9.17) is 0 Å². The van der Waals surface area contributed by atoms with E-state index in [1.807, 2.05) is 26.2 Å². The van der Waals surface area contributed by atoms with Gasteiger partial charge in [0.1, 0.15) is 0 Å². The van der Waals surface area contributed by atoms with Crippen LogP contribution in [0.5, 0.6) is 0 Å². The second-order valence-corrected chi connectivity index (χ2v) is 10.5. The van der Waals surface area contributed by atoms with Gasteiger partial charge >= 0.3 is 0 Å². The normalized spacial score (nSPS) is 14.8. The molecule has 2 heterocycles. The number of thiazole rings is 1. The van der Waals surface area contributed by atoms with Gasteiger partial charge < -0.3 is 0 Å². The van der Waals surface area contributed by atoms with Crippen LogP contribution in [0.2, 0.25) is 0 Å². The first-order valence-corrected chi connectivity index (χ1v) is 11.3. The van der Waals surface area contributed by atoms with Crippen LogP contribution in [0.1, 0.15) is 52.7 Å². The van der Waals surface area contributed by atoms with Crippen LogP contribution in [0.3, 0.4) is 0 Å². The lowest BCUT2D eigenvalue weighted by Crippen LogP contribution is -2.21. The van der Waals surface area contributed by atoms with E-state index in [0.29, 0.717) is 5.13 Å². The van der Waals surface area contributed by atoms with Gasteiger partial charge in [-0.15, -0.1) is 11.3 Å². The molecule has 29 heavy (non-hydrogen) atoms. The first-order valence-electron chi connectivity index (χ1n) is 8.89. The van der Waals surface area contributed by atoms with E-state index in [9.17, 15) is 18.0 Å². The van der Waals surface area contributed by atoms with Crippen molar-refractivity contribution in [2.75, 3.05) is 5.32 Å². The van der Waals surface area contributed by atoms with Crippen molar-refractivity contribution in [3.05, 3.63) is 70.2 Å². The van der Waals surface area contributed by atoms with E-state index in [1.54, 1.807) is 12.1 Å². The fourth-order valence-electron chi connectivity index (χ4n) is 3.07. The summed E-state index contributed by atoms with van der Waals surface area (Å²) >= 11 is 1.30. The number of carbonyl (C=O) groups excluding carboxylic acids is 2. The Morgan fingerprint density at radius 2 is 1.72 bits per heavy atom. The number of aromatic nitrogens is 1. The van der Waals surface area contributed by atoms with Crippen molar-refractivity contribution < 1.29 is 18.0 Å². The number of nitrogens with one attached hydrogen (secondary N) is 1. The number of hydrogen-bond donors (Lipinski definition) is 1. The van der Waals surface area contributed by atoms with Gasteiger partial charge in [0.05, 0.1) is 15.5 Å². The van der Waals surface area contributed by atoms with Crippen LogP contribution >= 0.6 is 11.3 Å². The van der Waals surface area contributed by atoms with Crippen LogP contribution < -0.4 is 5.32 Å². The minimum atomic E-state index is -3.89. The number of carbonyl (C=O) groups is 2. The summed E-state index contributed by atoms with van der Waals surface area (Å²) in [6.45, 7) is 6.07. The van der Waals surface area contributed by atoms with Crippen LogP contribution in [0.4, 0.5) is 5.13 Å². The molecule has 0 radical (unpaired) electrons. The third kappa shape index (κ3) is 3.28. The molecule has 0 unspecified atom stereocenters.